The highest BCUT2D eigenvalue weighted by atomic mass is 79.9. The number of nitrogens with zero attached hydrogens (tertiary/aromatic N) is 1. The maximum Gasteiger partial charge on any atom is 0.231 e. The molecule has 2 aromatic carbocycles. The fraction of sp³-hybridized carbons (Fsp3) is 0.111. The smallest absolute Gasteiger partial charge is 0.231 e. The van der Waals surface area contributed by atoms with E-state index in [0.717, 1.165) is 37.6 Å². The lowest BCUT2D eigenvalue weighted by Crippen LogP contribution is -2.08. The van der Waals surface area contributed by atoms with Crippen LogP contribution in [0.3, 0.4) is 0 Å². The second kappa shape index (κ2) is 5.58. The van der Waals surface area contributed by atoms with Crippen LogP contribution in [-0.2, 0) is 4.79 Å². The van der Waals surface area contributed by atoms with Crippen molar-refractivity contribution < 1.29 is 4.79 Å². The van der Waals surface area contributed by atoms with Crippen molar-refractivity contribution in [2.24, 2.45) is 0 Å². The van der Waals surface area contributed by atoms with Gasteiger partial charge in [-0.05, 0) is 36.8 Å². The average molecular weight is 385 g/mol. The number of anilines is 1. The third-order valence-corrected chi connectivity index (χ3v) is 5.43. The molecule has 1 N–H and O–H groups in total. The summed E-state index contributed by atoms with van der Waals surface area (Å²) in [6, 6.07) is 14.2. The summed E-state index contributed by atoms with van der Waals surface area (Å²) in [5.41, 5.74) is 5.05. The second-order valence-electron chi connectivity index (χ2n) is 5.56. The number of hydrogen-bond donors (Lipinski definition) is 1. The van der Waals surface area contributed by atoms with E-state index in [2.05, 4.69) is 44.8 Å². The number of thiazole rings is 1. The van der Waals surface area contributed by atoms with E-state index in [-0.39, 0.29) is 11.8 Å². The molecule has 0 fully saturated rings. The number of benzene rings is 2. The van der Waals surface area contributed by atoms with Gasteiger partial charge in [0.15, 0.2) is 0 Å². The molecule has 1 aromatic heterocycles. The lowest BCUT2D eigenvalue weighted by molar-refractivity contribution is -0.116. The standard InChI is InChI=1S/C18H13BrN2OS/c1-10-14-8-11(5-6-15(14)20-17(10)22)16-9-23-18(21-16)12-3-2-4-13(19)7-12/h2-10H,1H3,(H,20,22)/t10-/m1/s1. The molecule has 0 saturated carbocycles. The van der Waals surface area contributed by atoms with Crippen LogP contribution in [0.2, 0.25) is 0 Å². The largest absolute Gasteiger partial charge is 0.325 e. The minimum absolute atomic E-state index is 0.0604. The molecule has 1 aliphatic rings. The van der Waals surface area contributed by atoms with Crippen molar-refractivity contribution in [2.45, 2.75) is 12.8 Å². The maximum atomic E-state index is 11.8. The van der Waals surface area contributed by atoms with Gasteiger partial charge in [-0.1, -0.05) is 34.1 Å². The Morgan fingerprint density at radius 2 is 2.04 bits per heavy atom. The van der Waals surface area contributed by atoms with Gasteiger partial charge in [-0.2, -0.15) is 0 Å². The molecule has 0 unspecified atom stereocenters. The van der Waals surface area contributed by atoms with Crippen molar-refractivity contribution in [3.8, 4) is 21.8 Å². The van der Waals surface area contributed by atoms with Crippen molar-refractivity contribution in [1.82, 2.24) is 4.98 Å². The Morgan fingerprint density at radius 1 is 1.17 bits per heavy atom. The lowest BCUT2D eigenvalue weighted by atomic mass is 9.99. The molecule has 1 atom stereocenters. The molecule has 0 saturated heterocycles. The van der Waals surface area contributed by atoms with Crippen molar-refractivity contribution in [3.05, 3.63) is 57.9 Å². The van der Waals surface area contributed by atoms with Gasteiger partial charge >= 0.3 is 0 Å². The topological polar surface area (TPSA) is 42.0 Å². The molecule has 114 valence electrons. The van der Waals surface area contributed by atoms with Gasteiger partial charge < -0.3 is 5.32 Å². The fourth-order valence-corrected chi connectivity index (χ4v) is 3.96. The zero-order chi connectivity index (χ0) is 16.0. The monoisotopic (exact) mass is 384 g/mol. The van der Waals surface area contributed by atoms with Gasteiger partial charge in [0.25, 0.3) is 0 Å². The molecule has 0 bridgehead atoms. The Kier molecular flexibility index (Phi) is 3.54. The van der Waals surface area contributed by atoms with Crippen LogP contribution in [0, 0.1) is 0 Å². The highest BCUT2D eigenvalue weighted by Gasteiger charge is 2.26. The van der Waals surface area contributed by atoms with E-state index in [0.29, 0.717) is 0 Å². The molecule has 2 heterocycles. The molecule has 1 amide bonds. The zero-order valence-corrected chi connectivity index (χ0v) is 14.7. The van der Waals surface area contributed by atoms with Crippen molar-refractivity contribution in [1.29, 1.82) is 0 Å². The number of carbonyl (C=O) groups is 1. The van der Waals surface area contributed by atoms with Crippen LogP contribution in [0.1, 0.15) is 18.4 Å². The molecule has 4 rings (SSSR count). The van der Waals surface area contributed by atoms with E-state index in [9.17, 15) is 4.79 Å². The summed E-state index contributed by atoms with van der Waals surface area (Å²) < 4.78 is 1.04. The predicted molar refractivity (Wildman–Crippen MR) is 97.7 cm³/mol. The number of hydrogen-bond acceptors (Lipinski definition) is 3. The number of rotatable bonds is 2. The SMILES string of the molecule is C[C@H]1C(=O)Nc2ccc(-c3csc(-c4cccc(Br)c4)n3)cc21. The van der Waals surface area contributed by atoms with Gasteiger partial charge in [0.1, 0.15) is 5.01 Å². The number of amides is 1. The minimum atomic E-state index is -0.104. The first-order chi connectivity index (χ1) is 11.1. The number of halogens is 1. The summed E-state index contributed by atoms with van der Waals surface area (Å²) in [7, 11) is 0. The van der Waals surface area contributed by atoms with Crippen LogP contribution in [0.5, 0.6) is 0 Å². The Hall–Kier alpha value is -1.98. The third-order valence-electron chi connectivity index (χ3n) is 4.04. The summed E-state index contributed by atoms with van der Waals surface area (Å²) in [5.74, 6) is -0.0432. The molecule has 3 aromatic rings. The van der Waals surface area contributed by atoms with Crippen LogP contribution >= 0.6 is 27.3 Å². The first-order valence-electron chi connectivity index (χ1n) is 7.28. The molecule has 3 nitrogen and oxygen atoms in total. The molecule has 0 spiro atoms. The van der Waals surface area contributed by atoms with Crippen molar-refractivity contribution in [2.75, 3.05) is 5.32 Å². The number of fused-ring (bicyclic) bond motifs is 1. The normalized spacial score (nSPS) is 16.3. The van der Waals surface area contributed by atoms with Gasteiger partial charge in [-0.25, -0.2) is 4.98 Å². The first-order valence-corrected chi connectivity index (χ1v) is 8.96. The Bertz CT molecular complexity index is 919. The van der Waals surface area contributed by atoms with Crippen molar-refractivity contribution in [3.63, 3.8) is 0 Å². The minimum Gasteiger partial charge on any atom is -0.325 e. The summed E-state index contributed by atoms with van der Waals surface area (Å²) in [6.45, 7) is 1.93. The lowest BCUT2D eigenvalue weighted by Gasteiger charge is -2.04. The Labute approximate surface area is 146 Å². The highest BCUT2D eigenvalue weighted by molar-refractivity contribution is 9.10. The maximum absolute atomic E-state index is 11.8. The highest BCUT2D eigenvalue weighted by Crippen LogP contribution is 2.36. The average Bonchev–Trinajstić information content (AvgIpc) is 3.14. The van der Waals surface area contributed by atoms with Crippen LogP contribution < -0.4 is 5.32 Å². The van der Waals surface area contributed by atoms with E-state index in [1.165, 1.54) is 0 Å². The Morgan fingerprint density at radius 3 is 2.87 bits per heavy atom. The van der Waals surface area contributed by atoms with Crippen LogP contribution in [0.25, 0.3) is 21.8 Å². The molecule has 0 radical (unpaired) electrons. The fourth-order valence-electron chi connectivity index (χ4n) is 2.74. The summed E-state index contributed by atoms with van der Waals surface area (Å²) >= 11 is 5.12. The van der Waals surface area contributed by atoms with Crippen LogP contribution in [0.4, 0.5) is 5.69 Å². The van der Waals surface area contributed by atoms with E-state index >= 15 is 0 Å². The molecule has 5 heteroatoms. The number of nitrogens with one attached hydrogen (secondary N) is 1. The van der Waals surface area contributed by atoms with Gasteiger partial charge in [-0.15, -0.1) is 11.3 Å². The van der Waals surface area contributed by atoms with Crippen molar-refractivity contribution >= 4 is 38.9 Å². The Balaban J connectivity index is 1.72. The second-order valence-corrected chi connectivity index (χ2v) is 7.33. The number of aromatic nitrogens is 1. The molecule has 0 aliphatic carbocycles. The molecular formula is C18H13BrN2OS. The van der Waals surface area contributed by atoms with E-state index in [4.69, 9.17) is 4.98 Å². The third kappa shape index (κ3) is 2.60. The van der Waals surface area contributed by atoms with E-state index in [1.54, 1.807) is 11.3 Å². The molecule has 1 aliphatic heterocycles. The van der Waals surface area contributed by atoms with Gasteiger partial charge in [-0.3, -0.25) is 4.79 Å². The van der Waals surface area contributed by atoms with Gasteiger partial charge in [0.05, 0.1) is 11.6 Å². The summed E-state index contributed by atoms with van der Waals surface area (Å²) in [4.78, 5) is 16.5. The first kappa shape index (κ1) is 14.6. The summed E-state index contributed by atoms with van der Waals surface area (Å²) in [5, 5.41) is 5.95. The van der Waals surface area contributed by atoms with Gasteiger partial charge in [0, 0.05) is 26.7 Å². The van der Waals surface area contributed by atoms with E-state index in [1.807, 2.05) is 31.2 Å². The number of carbonyl (C=O) groups excluding carboxylic acids is 1. The quantitative estimate of drug-likeness (QED) is 0.651. The predicted octanol–water partition coefficient (Wildman–Crippen LogP) is 5.30. The van der Waals surface area contributed by atoms with E-state index < -0.39 is 0 Å². The van der Waals surface area contributed by atoms with Crippen LogP contribution in [0.15, 0.2) is 52.3 Å². The zero-order valence-electron chi connectivity index (χ0n) is 12.3. The summed E-state index contributed by atoms with van der Waals surface area (Å²) in [6.07, 6.45) is 0. The molecular weight excluding hydrogens is 372 g/mol. The molecule has 23 heavy (non-hydrogen) atoms. The van der Waals surface area contributed by atoms with Gasteiger partial charge in [0.2, 0.25) is 5.91 Å². The van der Waals surface area contributed by atoms with Crippen LogP contribution in [-0.4, -0.2) is 10.9 Å².